The van der Waals surface area contributed by atoms with E-state index >= 15 is 0 Å². The van der Waals surface area contributed by atoms with Crippen molar-refractivity contribution in [1.82, 2.24) is 0 Å². The van der Waals surface area contributed by atoms with Gasteiger partial charge < -0.3 is 14.2 Å². The number of aryl methyl sites for hydroxylation is 1. The Morgan fingerprint density at radius 1 is 1.03 bits per heavy atom. The van der Waals surface area contributed by atoms with Gasteiger partial charge in [0.1, 0.15) is 0 Å². The highest BCUT2D eigenvalue weighted by molar-refractivity contribution is 8.27. The van der Waals surface area contributed by atoms with Crippen molar-refractivity contribution >= 4 is 46.0 Å². The molecule has 0 saturated carbocycles. The van der Waals surface area contributed by atoms with Crippen LogP contribution in [-0.2, 0) is 11.2 Å². The molecule has 1 fully saturated rings. The molecule has 2 aromatic rings. The largest absolute Gasteiger partial charge is 0.493 e. The number of carbonyl (C=O) groups excluding carboxylic acids is 1. The number of carbonyl (C=O) groups is 1. The lowest BCUT2D eigenvalue weighted by molar-refractivity contribution is -0.113. The van der Waals surface area contributed by atoms with Gasteiger partial charge in [-0.2, -0.15) is 0 Å². The third kappa shape index (κ3) is 4.63. The lowest BCUT2D eigenvalue weighted by Crippen LogP contribution is -2.27. The molecule has 3 rings (SSSR count). The van der Waals surface area contributed by atoms with Gasteiger partial charge in [0.05, 0.1) is 31.9 Å². The van der Waals surface area contributed by atoms with Gasteiger partial charge in [0, 0.05) is 0 Å². The molecular weight excluding hydrogens is 418 g/mol. The smallest absolute Gasteiger partial charge is 0.270 e. The van der Waals surface area contributed by atoms with Crippen LogP contribution in [0, 0.1) is 0 Å². The fraction of sp³-hybridized carbons (Fsp3) is 0.304. The summed E-state index contributed by atoms with van der Waals surface area (Å²) in [6.45, 7) is 2.18. The minimum atomic E-state index is -0.139. The minimum Gasteiger partial charge on any atom is -0.493 e. The molecule has 5 nitrogen and oxygen atoms in total. The van der Waals surface area contributed by atoms with Gasteiger partial charge in [-0.05, 0) is 54.3 Å². The van der Waals surface area contributed by atoms with E-state index in [0.29, 0.717) is 26.5 Å². The van der Waals surface area contributed by atoms with Gasteiger partial charge in [-0.15, -0.1) is 0 Å². The Labute approximate surface area is 187 Å². The number of benzene rings is 2. The van der Waals surface area contributed by atoms with Crippen LogP contribution in [0.5, 0.6) is 17.2 Å². The molecule has 158 valence electrons. The van der Waals surface area contributed by atoms with Crippen LogP contribution in [0.15, 0.2) is 41.3 Å². The first kappa shape index (κ1) is 22.2. The second-order valence-electron chi connectivity index (χ2n) is 6.75. The molecule has 1 saturated heterocycles. The van der Waals surface area contributed by atoms with Crippen molar-refractivity contribution in [2.24, 2.45) is 0 Å². The van der Waals surface area contributed by atoms with E-state index in [2.05, 4.69) is 19.1 Å². The Bertz CT molecular complexity index is 945. The van der Waals surface area contributed by atoms with E-state index in [9.17, 15) is 4.79 Å². The summed E-state index contributed by atoms with van der Waals surface area (Å²) in [5.74, 6) is 1.43. The van der Waals surface area contributed by atoms with E-state index in [1.54, 1.807) is 44.4 Å². The standard InChI is InChI=1S/C23H25NO4S2/c1-5-6-7-15-8-10-17(11-9-15)24-22(25)20(30-23(24)29)14-16-12-18(26-2)21(28-4)19(13-16)27-3/h8-14H,5-7H2,1-4H3. The zero-order chi connectivity index (χ0) is 21.7. The number of rotatable bonds is 8. The molecule has 1 amide bonds. The molecule has 0 aliphatic carbocycles. The Morgan fingerprint density at radius 3 is 2.20 bits per heavy atom. The zero-order valence-corrected chi connectivity index (χ0v) is 19.2. The Morgan fingerprint density at radius 2 is 1.67 bits per heavy atom. The van der Waals surface area contributed by atoms with Gasteiger partial charge in [0.25, 0.3) is 5.91 Å². The molecule has 0 unspecified atom stereocenters. The SMILES string of the molecule is CCCCc1ccc(N2C(=O)C(=Cc3cc(OC)c(OC)c(OC)c3)SC2=S)cc1. The first-order chi connectivity index (χ1) is 14.5. The summed E-state index contributed by atoms with van der Waals surface area (Å²) in [6, 6.07) is 11.6. The van der Waals surface area contributed by atoms with E-state index in [4.69, 9.17) is 26.4 Å². The van der Waals surface area contributed by atoms with Crippen LogP contribution in [0.4, 0.5) is 5.69 Å². The molecule has 0 atom stereocenters. The fourth-order valence-electron chi connectivity index (χ4n) is 3.22. The summed E-state index contributed by atoms with van der Waals surface area (Å²) in [6.07, 6.45) is 5.13. The molecule has 7 heteroatoms. The number of methoxy groups -OCH3 is 3. The minimum absolute atomic E-state index is 0.139. The molecule has 1 aliphatic heterocycles. The monoisotopic (exact) mass is 443 g/mol. The first-order valence-electron chi connectivity index (χ1n) is 9.69. The van der Waals surface area contributed by atoms with E-state index in [1.165, 1.54) is 17.3 Å². The second kappa shape index (κ2) is 10.00. The van der Waals surface area contributed by atoms with Gasteiger partial charge >= 0.3 is 0 Å². The van der Waals surface area contributed by atoms with Crippen LogP contribution in [0.25, 0.3) is 6.08 Å². The highest BCUT2D eigenvalue weighted by Gasteiger charge is 2.33. The average molecular weight is 444 g/mol. The lowest BCUT2D eigenvalue weighted by Gasteiger charge is -2.15. The van der Waals surface area contributed by atoms with E-state index < -0.39 is 0 Å². The summed E-state index contributed by atoms with van der Waals surface area (Å²) >= 11 is 6.77. The molecule has 30 heavy (non-hydrogen) atoms. The quantitative estimate of drug-likeness (QED) is 0.399. The predicted octanol–water partition coefficient (Wildman–Crippen LogP) is 5.46. The van der Waals surface area contributed by atoms with Gasteiger partial charge in [0.2, 0.25) is 5.75 Å². The summed E-state index contributed by atoms with van der Waals surface area (Å²) in [5.41, 5.74) is 2.81. The van der Waals surface area contributed by atoms with E-state index in [0.717, 1.165) is 30.5 Å². The third-order valence-electron chi connectivity index (χ3n) is 4.79. The number of thioether (sulfide) groups is 1. The van der Waals surface area contributed by atoms with Crippen molar-refractivity contribution < 1.29 is 19.0 Å². The Kier molecular flexibility index (Phi) is 7.39. The predicted molar refractivity (Wildman–Crippen MR) is 127 cm³/mol. The number of unbranched alkanes of at least 4 members (excludes halogenated alkanes) is 1. The van der Waals surface area contributed by atoms with Crippen molar-refractivity contribution in [3.8, 4) is 17.2 Å². The van der Waals surface area contributed by atoms with Crippen molar-refractivity contribution in [2.75, 3.05) is 26.2 Å². The first-order valence-corrected chi connectivity index (χ1v) is 10.9. The topological polar surface area (TPSA) is 48.0 Å². The summed E-state index contributed by atoms with van der Waals surface area (Å²) in [7, 11) is 4.67. The number of anilines is 1. The summed E-state index contributed by atoms with van der Waals surface area (Å²) in [5, 5.41) is 0. The van der Waals surface area contributed by atoms with Crippen LogP contribution in [0.1, 0.15) is 30.9 Å². The molecule has 0 bridgehead atoms. The van der Waals surface area contributed by atoms with Crippen molar-refractivity contribution in [2.45, 2.75) is 26.2 Å². The maximum absolute atomic E-state index is 13.1. The van der Waals surface area contributed by atoms with Crippen LogP contribution < -0.4 is 19.1 Å². The molecule has 0 aromatic heterocycles. The molecular formula is C23H25NO4S2. The van der Waals surface area contributed by atoms with Crippen LogP contribution in [0.3, 0.4) is 0 Å². The maximum Gasteiger partial charge on any atom is 0.270 e. The zero-order valence-electron chi connectivity index (χ0n) is 17.6. The summed E-state index contributed by atoms with van der Waals surface area (Å²) in [4.78, 5) is 15.2. The summed E-state index contributed by atoms with van der Waals surface area (Å²) < 4.78 is 16.7. The van der Waals surface area contributed by atoms with Crippen molar-refractivity contribution in [3.05, 3.63) is 52.4 Å². The third-order valence-corrected chi connectivity index (χ3v) is 6.09. The Hall–Kier alpha value is -2.51. The number of nitrogens with zero attached hydrogens (tertiary/aromatic N) is 1. The van der Waals surface area contributed by atoms with Crippen molar-refractivity contribution in [1.29, 1.82) is 0 Å². The van der Waals surface area contributed by atoms with Crippen LogP contribution in [-0.4, -0.2) is 31.6 Å². The van der Waals surface area contributed by atoms with Gasteiger partial charge in [-0.3, -0.25) is 9.69 Å². The second-order valence-corrected chi connectivity index (χ2v) is 8.42. The normalized spacial score (nSPS) is 15.1. The maximum atomic E-state index is 13.1. The highest BCUT2D eigenvalue weighted by atomic mass is 32.2. The van der Waals surface area contributed by atoms with E-state index in [-0.39, 0.29) is 5.91 Å². The molecule has 0 spiro atoms. The van der Waals surface area contributed by atoms with Gasteiger partial charge in [-0.1, -0.05) is 49.5 Å². The number of ether oxygens (including phenoxy) is 3. The van der Waals surface area contributed by atoms with Crippen molar-refractivity contribution in [3.63, 3.8) is 0 Å². The highest BCUT2D eigenvalue weighted by Crippen LogP contribution is 2.41. The van der Waals surface area contributed by atoms with Crippen LogP contribution in [0.2, 0.25) is 0 Å². The average Bonchev–Trinajstić information content (AvgIpc) is 3.04. The van der Waals surface area contributed by atoms with Crippen LogP contribution >= 0.6 is 24.0 Å². The molecule has 0 N–H and O–H groups in total. The number of thiocarbonyl (C=S) groups is 1. The lowest BCUT2D eigenvalue weighted by atomic mass is 10.1. The Balaban J connectivity index is 1.88. The number of hydrogen-bond donors (Lipinski definition) is 0. The molecule has 0 radical (unpaired) electrons. The fourth-order valence-corrected chi connectivity index (χ4v) is 4.52. The molecule has 2 aromatic carbocycles. The number of hydrogen-bond acceptors (Lipinski definition) is 6. The van der Waals surface area contributed by atoms with Gasteiger partial charge in [-0.25, -0.2) is 0 Å². The van der Waals surface area contributed by atoms with Gasteiger partial charge in [0.15, 0.2) is 15.8 Å². The molecule has 1 heterocycles. The molecule has 1 aliphatic rings. The van der Waals surface area contributed by atoms with E-state index in [1.807, 2.05) is 12.1 Å². The number of amides is 1.